The zero-order chi connectivity index (χ0) is 12.7. The Morgan fingerprint density at radius 1 is 1.47 bits per heavy atom. The standard InChI is InChI=1S/C11H12N2O2.C2H6/c1-2-15-10(14)6-8-7-13-9-4-3-5-12-11(8)9;1-2/h3-5,7,13H,2,6H2,1H3;1-2H3. The number of fused-ring (bicyclic) bond motifs is 1. The second-order valence-electron chi connectivity index (χ2n) is 3.20. The number of H-pyrrole nitrogens is 1. The highest BCUT2D eigenvalue weighted by Crippen LogP contribution is 2.15. The average molecular weight is 234 g/mol. The predicted octanol–water partition coefficient (Wildman–Crippen LogP) is 2.69. The van der Waals surface area contributed by atoms with Crippen molar-refractivity contribution < 1.29 is 9.53 Å². The number of aromatic nitrogens is 2. The van der Waals surface area contributed by atoms with Gasteiger partial charge in [-0.15, -0.1) is 0 Å². The molecule has 17 heavy (non-hydrogen) atoms. The minimum absolute atomic E-state index is 0.218. The summed E-state index contributed by atoms with van der Waals surface area (Å²) in [6.45, 7) is 6.21. The van der Waals surface area contributed by atoms with E-state index in [0.717, 1.165) is 16.6 Å². The van der Waals surface area contributed by atoms with Crippen LogP contribution in [0.5, 0.6) is 0 Å². The second kappa shape index (κ2) is 6.68. The molecular weight excluding hydrogens is 216 g/mol. The summed E-state index contributed by atoms with van der Waals surface area (Å²) in [6, 6.07) is 3.78. The first-order valence-corrected chi connectivity index (χ1v) is 5.88. The van der Waals surface area contributed by atoms with Crippen molar-refractivity contribution in [2.45, 2.75) is 27.2 Å². The van der Waals surface area contributed by atoms with Gasteiger partial charge in [0.25, 0.3) is 0 Å². The Labute approximate surface area is 101 Å². The van der Waals surface area contributed by atoms with Crippen LogP contribution in [-0.4, -0.2) is 22.5 Å². The van der Waals surface area contributed by atoms with E-state index in [9.17, 15) is 4.79 Å². The zero-order valence-electron chi connectivity index (χ0n) is 10.5. The van der Waals surface area contributed by atoms with Crippen LogP contribution in [-0.2, 0) is 16.0 Å². The Morgan fingerprint density at radius 2 is 2.24 bits per heavy atom. The molecule has 0 radical (unpaired) electrons. The maximum atomic E-state index is 11.3. The minimum Gasteiger partial charge on any atom is -0.466 e. The van der Waals surface area contributed by atoms with Crippen LogP contribution in [0, 0.1) is 0 Å². The third-order valence-corrected chi connectivity index (χ3v) is 2.15. The molecule has 0 aliphatic heterocycles. The van der Waals surface area contributed by atoms with E-state index in [1.807, 2.05) is 26.0 Å². The Kier molecular flexibility index (Phi) is 5.20. The Hall–Kier alpha value is -1.84. The molecular formula is C13H18N2O2. The molecule has 0 amide bonds. The smallest absolute Gasteiger partial charge is 0.310 e. The van der Waals surface area contributed by atoms with E-state index in [1.165, 1.54) is 0 Å². The molecule has 0 atom stereocenters. The summed E-state index contributed by atoms with van der Waals surface area (Å²) < 4.78 is 4.88. The van der Waals surface area contributed by atoms with Crippen molar-refractivity contribution in [2.24, 2.45) is 0 Å². The van der Waals surface area contributed by atoms with Crippen molar-refractivity contribution in [1.29, 1.82) is 0 Å². The normalized spacial score (nSPS) is 9.59. The molecule has 0 saturated heterocycles. The lowest BCUT2D eigenvalue weighted by molar-refractivity contribution is -0.142. The van der Waals surface area contributed by atoms with Crippen LogP contribution in [0.25, 0.3) is 11.0 Å². The van der Waals surface area contributed by atoms with E-state index in [1.54, 1.807) is 19.3 Å². The maximum Gasteiger partial charge on any atom is 0.310 e. The average Bonchev–Trinajstić information content (AvgIpc) is 2.76. The zero-order valence-corrected chi connectivity index (χ0v) is 10.5. The predicted molar refractivity (Wildman–Crippen MR) is 67.8 cm³/mol. The molecule has 4 heteroatoms. The van der Waals surface area contributed by atoms with Gasteiger partial charge >= 0.3 is 5.97 Å². The number of ether oxygens (including phenoxy) is 1. The summed E-state index contributed by atoms with van der Waals surface area (Å²) in [6.07, 6.45) is 3.78. The highest BCUT2D eigenvalue weighted by molar-refractivity contribution is 5.84. The first-order valence-electron chi connectivity index (χ1n) is 5.88. The van der Waals surface area contributed by atoms with Gasteiger partial charge in [-0.25, -0.2) is 0 Å². The molecule has 4 nitrogen and oxygen atoms in total. The number of aromatic amines is 1. The number of hydrogen-bond donors (Lipinski definition) is 1. The number of nitrogens with one attached hydrogen (secondary N) is 1. The highest BCUT2D eigenvalue weighted by atomic mass is 16.5. The van der Waals surface area contributed by atoms with E-state index in [4.69, 9.17) is 4.74 Å². The Bertz CT molecular complexity index is 477. The fourth-order valence-electron chi connectivity index (χ4n) is 1.51. The van der Waals surface area contributed by atoms with Gasteiger partial charge in [-0.3, -0.25) is 9.78 Å². The molecule has 0 fully saturated rings. The maximum absolute atomic E-state index is 11.3. The van der Waals surface area contributed by atoms with E-state index in [2.05, 4.69) is 9.97 Å². The van der Waals surface area contributed by atoms with Crippen molar-refractivity contribution >= 4 is 17.0 Å². The summed E-state index contributed by atoms with van der Waals surface area (Å²) in [5.41, 5.74) is 2.66. The van der Waals surface area contributed by atoms with Crippen molar-refractivity contribution in [2.75, 3.05) is 6.61 Å². The van der Waals surface area contributed by atoms with Gasteiger partial charge in [-0.2, -0.15) is 0 Å². The molecule has 2 rings (SSSR count). The molecule has 0 aliphatic carbocycles. The van der Waals surface area contributed by atoms with Crippen LogP contribution in [0.2, 0.25) is 0 Å². The van der Waals surface area contributed by atoms with E-state index < -0.39 is 0 Å². The van der Waals surface area contributed by atoms with Crippen LogP contribution in [0.3, 0.4) is 0 Å². The number of carbonyl (C=O) groups is 1. The van der Waals surface area contributed by atoms with E-state index in [0.29, 0.717) is 6.61 Å². The first kappa shape index (κ1) is 13.2. The third kappa shape index (κ3) is 3.31. The molecule has 2 aromatic rings. The topological polar surface area (TPSA) is 55.0 Å². The molecule has 0 aromatic carbocycles. The Balaban J connectivity index is 0.000000686. The number of pyridine rings is 1. The molecule has 0 bridgehead atoms. The van der Waals surface area contributed by atoms with Gasteiger partial charge < -0.3 is 9.72 Å². The fourth-order valence-corrected chi connectivity index (χ4v) is 1.51. The fraction of sp³-hybridized carbons (Fsp3) is 0.385. The van der Waals surface area contributed by atoms with E-state index >= 15 is 0 Å². The quantitative estimate of drug-likeness (QED) is 0.831. The van der Waals surface area contributed by atoms with Crippen molar-refractivity contribution in [1.82, 2.24) is 9.97 Å². The van der Waals surface area contributed by atoms with Gasteiger partial charge in [-0.1, -0.05) is 13.8 Å². The molecule has 0 saturated carbocycles. The van der Waals surface area contributed by atoms with Crippen molar-refractivity contribution in [3.05, 3.63) is 30.1 Å². The van der Waals surface area contributed by atoms with Gasteiger partial charge in [0.05, 0.1) is 24.1 Å². The lowest BCUT2D eigenvalue weighted by atomic mass is 10.2. The summed E-state index contributed by atoms with van der Waals surface area (Å²) in [5, 5.41) is 0. The first-order chi connectivity index (χ1) is 8.31. The number of nitrogens with zero attached hydrogens (tertiary/aromatic N) is 1. The molecule has 0 spiro atoms. The summed E-state index contributed by atoms with van der Waals surface area (Å²) >= 11 is 0. The van der Waals surface area contributed by atoms with Gasteiger partial charge in [-0.05, 0) is 19.1 Å². The summed E-state index contributed by atoms with van der Waals surface area (Å²) in [5.74, 6) is -0.218. The molecule has 0 aliphatic rings. The largest absolute Gasteiger partial charge is 0.466 e. The SMILES string of the molecule is CC.CCOC(=O)Cc1c[nH]c2cccnc12. The van der Waals surface area contributed by atoms with Crippen LogP contribution in [0.15, 0.2) is 24.5 Å². The number of hydrogen-bond acceptors (Lipinski definition) is 3. The van der Waals surface area contributed by atoms with Crippen LogP contribution in [0.1, 0.15) is 26.3 Å². The summed E-state index contributed by atoms with van der Waals surface area (Å²) in [4.78, 5) is 18.6. The number of esters is 1. The molecule has 2 heterocycles. The van der Waals surface area contributed by atoms with Crippen molar-refractivity contribution in [3.63, 3.8) is 0 Å². The van der Waals surface area contributed by atoms with Crippen LogP contribution >= 0.6 is 0 Å². The highest BCUT2D eigenvalue weighted by Gasteiger charge is 2.09. The molecule has 1 N–H and O–H groups in total. The van der Waals surface area contributed by atoms with Crippen molar-refractivity contribution in [3.8, 4) is 0 Å². The van der Waals surface area contributed by atoms with Crippen LogP contribution < -0.4 is 0 Å². The van der Waals surface area contributed by atoms with Gasteiger partial charge in [0.2, 0.25) is 0 Å². The molecule has 0 unspecified atom stereocenters. The molecule has 2 aromatic heterocycles. The van der Waals surface area contributed by atoms with Gasteiger partial charge in [0.15, 0.2) is 0 Å². The second-order valence-corrected chi connectivity index (χ2v) is 3.20. The van der Waals surface area contributed by atoms with Gasteiger partial charge in [0.1, 0.15) is 0 Å². The third-order valence-electron chi connectivity index (χ3n) is 2.15. The summed E-state index contributed by atoms with van der Waals surface area (Å²) in [7, 11) is 0. The minimum atomic E-state index is -0.218. The number of carbonyl (C=O) groups excluding carboxylic acids is 1. The number of rotatable bonds is 3. The molecule has 92 valence electrons. The van der Waals surface area contributed by atoms with Crippen LogP contribution in [0.4, 0.5) is 0 Å². The lowest BCUT2D eigenvalue weighted by Crippen LogP contribution is -2.07. The lowest BCUT2D eigenvalue weighted by Gasteiger charge is -1.99. The van der Waals surface area contributed by atoms with Gasteiger partial charge in [0, 0.05) is 18.0 Å². The Morgan fingerprint density at radius 3 is 2.94 bits per heavy atom. The monoisotopic (exact) mass is 234 g/mol. The van der Waals surface area contributed by atoms with E-state index in [-0.39, 0.29) is 12.4 Å².